The van der Waals surface area contributed by atoms with E-state index < -0.39 is 11.4 Å². The molecule has 1 amide bonds. The van der Waals surface area contributed by atoms with Crippen LogP contribution in [-0.2, 0) is 0 Å². The van der Waals surface area contributed by atoms with E-state index in [9.17, 15) is 9.90 Å². The zero-order valence-electron chi connectivity index (χ0n) is 10.1. The Kier molecular flexibility index (Phi) is 3.38. The van der Waals surface area contributed by atoms with Crippen molar-refractivity contribution in [3.63, 3.8) is 0 Å². The van der Waals surface area contributed by atoms with Gasteiger partial charge in [-0.25, -0.2) is 4.98 Å². The molecular formula is C12H18N4O2. The highest BCUT2D eigenvalue weighted by Gasteiger charge is 2.34. The van der Waals surface area contributed by atoms with Crippen LogP contribution in [0.1, 0.15) is 36.0 Å². The van der Waals surface area contributed by atoms with Gasteiger partial charge in [-0.15, -0.1) is 0 Å². The van der Waals surface area contributed by atoms with Crippen LogP contribution in [0.15, 0.2) is 12.3 Å². The van der Waals surface area contributed by atoms with E-state index in [1.54, 1.807) is 0 Å². The summed E-state index contributed by atoms with van der Waals surface area (Å²) in [5, 5.41) is 12.7. The molecule has 0 saturated heterocycles. The summed E-state index contributed by atoms with van der Waals surface area (Å²) >= 11 is 0. The second-order valence-corrected chi connectivity index (χ2v) is 4.80. The number of carbonyl (C=O) groups excluding carboxylic acids is 1. The second-order valence-electron chi connectivity index (χ2n) is 4.80. The Morgan fingerprint density at radius 2 is 2.17 bits per heavy atom. The molecule has 18 heavy (non-hydrogen) atoms. The molecule has 98 valence electrons. The van der Waals surface area contributed by atoms with E-state index in [2.05, 4.69) is 10.3 Å². The average molecular weight is 250 g/mol. The van der Waals surface area contributed by atoms with Crippen LogP contribution >= 0.6 is 0 Å². The molecule has 1 heterocycles. The fourth-order valence-electron chi connectivity index (χ4n) is 2.39. The van der Waals surface area contributed by atoms with E-state index in [4.69, 9.17) is 11.5 Å². The van der Waals surface area contributed by atoms with Gasteiger partial charge in [-0.1, -0.05) is 12.8 Å². The Balaban J connectivity index is 2.30. The average Bonchev–Trinajstić information content (AvgIpc) is 2.80. The lowest BCUT2D eigenvalue weighted by Gasteiger charge is -2.29. The molecule has 1 aliphatic carbocycles. The van der Waals surface area contributed by atoms with Crippen LogP contribution in [0.4, 0.5) is 11.5 Å². The molecule has 1 aliphatic rings. The lowest BCUT2D eigenvalue weighted by atomic mass is 9.98. The van der Waals surface area contributed by atoms with Crippen LogP contribution in [0, 0.1) is 0 Å². The predicted molar refractivity (Wildman–Crippen MR) is 69.1 cm³/mol. The van der Waals surface area contributed by atoms with Crippen molar-refractivity contribution in [3.8, 4) is 0 Å². The van der Waals surface area contributed by atoms with Gasteiger partial charge in [0.15, 0.2) is 0 Å². The zero-order valence-corrected chi connectivity index (χ0v) is 10.1. The van der Waals surface area contributed by atoms with Crippen molar-refractivity contribution in [3.05, 3.63) is 17.8 Å². The third-order valence-corrected chi connectivity index (χ3v) is 3.42. The molecule has 0 unspecified atom stereocenters. The van der Waals surface area contributed by atoms with Gasteiger partial charge in [-0.05, 0) is 18.9 Å². The molecular weight excluding hydrogens is 232 g/mol. The molecule has 0 radical (unpaired) electrons. The lowest BCUT2D eigenvalue weighted by molar-refractivity contribution is 0.100. The highest BCUT2D eigenvalue weighted by molar-refractivity contribution is 5.98. The number of pyridine rings is 1. The summed E-state index contributed by atoms with van der Waals surface area (Å²) in [6.07, 6.45) is 5.28. The van der Waals surface area contributed by atoms with Crippen molar-refractivity contribution in [1.29, 1.82) is 0 Å². The highest BCUT2D eigenvalue weighted by atomic mass is 16.3. The molecule has 0 aromatic carbocycles. The largest absolute Gasteiger partial charge is 0.397 e. The lowest BCUT2D eigenvalue weighted by Crippen LogP contribution is -2.40. The first-order valence-electron chi connectivity index (χ1n) is 6.01. The van der Waals surface area contributed by atoms with Gasteiger partial charge in [-0.3, -0.25) is 4.79 Å². The van der Waals surface area contributed by atoms with E-state index in [1.807, 2.05) is 0 Å². The summed E-state index contributed by atoms with van der Waals surface area (Å²) < 4.78 is 0. The van der Waals surface area contributed by atoms with E-state index >= 15 is 0 Å². The maximum Gasteiger partial charge on any atom is 0.252 e. The van der Waals surface area contributed by atoms with Crippen LogP contribution in [0.3, 0.4) is 0 Å². The predicted octanol–water partition coefficient (Wildman–Crippen LogP) is 0.480. The van der Waals surface area contributed by atoms with Gasteiger partial charge < -0.3 is 21.9 Å². The van der Waals surface area contributed by atoms with Gasteiger partial charge in [0.05, 0.1) is 29.6 Å². The molecule has 6 nitrogen and oxygen atoms in total. The van der Waals surface area contributed by atoms with Gasteiger partial charge in [0.2, 0.25) is 0 Å². The molecule has 6 heteroatoms. The van der Waals surface area contributed by atoms with E-state index in [0.717, 1.165) is 25.7 Å². The van der Waals surface area contributed by atoms with Crippen LogP contribution in [-0.4, -0.2) is 28.1 Å². The number of hydrogen-bond acceptors (Lipinski definition) is 5. The molecule has 6 N–H and O–H groups in total. The number of amides is 1. The van der Waals surface area contributed by atoms with Crippen LogP contribution in [0.2, 0.25) is 0 Å². The first-order valence-corrected chi connectivity index (χ1v) is 6.01. The monoisotopic (exact) mass is 250 g/mol. The Morgan fingerprint density at radius 1 is 1.50 bits per heavy atom. The van der Waals surface area contributed by atoms with Crippen molar-refractivity contribution >= 4 is 17.4 Å². The SMILES string of the molecule is NC(=O)c1cc(N)cnc1NC1(CO)CCCC1. The van der Waals surface area contributed by atoms with Gasteiger partial charge >= 0.3 is 0 Å². The van der Waals surface area contributed by atoms with E-state index in [0.29, 0.717) is 11.5 Å². The quantitative estimate of drug-likeness (QED) is 0.620. The van der Waals surface area contributed by atoms with Gasteiger partial charge in [0, 0.05) is 0 Å². The maximum absolute atomic E-state index is 11.4. The minimum atomic E-state index is -0.580. The van der Waals surface area contributed by atoms with Gasteiger partial charge in [0.25, 0.3) is 5.91 Å². The molecule has 0 spiro atoms. The molecule has 2 rings (SSSR count). The van der Waals surface area contributed by atoms with Crippen molar-refractivity contribution in [2.75, 3.05) is 17.7 Å². The van der Waals surface area contributed by atoms with Crippen molar-refractivity contribution in [1.82, 2.24) is 4.98 Å². The van der Waals surface area contributed by atoms with Crippen LogP contribution in [0.5, 0.6) is 0 Å². The number of anilines is 2. The van der Waals surface area contributed by atoms with E-state index in [-0.39, 0.29) is 12.2 Å². The highest BCUT2D eigenvalue weighted by Crippen LogP contribution is 2.33. The number of aliphatic hydroxyl groups is 1. The molecule has 0 bridgehead atoms. The second kappa shape index (κ2) is 4.81. The molecule has 1 aromatic heterocycles. The standard InChI is InChI=1S/C12H18N4O2/c13-8-5-9(10(14)18)11(15-6-8)16-12(7-17)3-1-2-4-12/h5-6,17H,1-4,7,13H2,(H2,14,18)(H,15,16). The Morgan fingerprint density at radius 3 is 2.72 bits per heavy atom. The summed E-state index contributed by atoms with van der Waals surface area (Å²) in [6.45, 7) is 0.0112. The summed E-state index contributed by atoms with van der Waals surface area (Å²) in [4.78, 5) is 15.5. The summed E-state index contributed by atoms with van der Waals surface area (Å²) in [5.74, 6) is -0.184. The zero-order chi connectivity index (χ0) is 13.2. The molecule has 1 saturated carbocycles. The number of nitrogens with zero attached hydrogens (tertiary/aromatic N) is 1. The summed E-state index contributed by atoms with van der Waals surface area (Å²) in [7, 11) is 0. The van der Waals surface area contributed by atoms with Crippen molar-refractivity contribution in [2.45, 2.75) is 31.2 Å². The molecule has 0 atom stereocenters. The summed E-state index contributed by atoms with van der Waals surface area (Å²) in [6, 6.07) is 1.50. The van der Waals surface area contributed by atoms with Gasteiger partial charge in [-0.2, -0.15) is 0 Å². The summed E-state index contributed by atoms with van der Waals surface area (Å²) in [5.41, 5.74) is 11.1. The maximum atomic E-state index is 11.4. The van der Waals surface area contributed by atoms with E-state index in [1.165, 1.54) is 12.3 Å². The molecule has 1 fully saturated rings. The number of nitrogen functional groups attached to an aromatic ring is 1. The fraction of sp³-hybridized carbons (Fsp3) is 0.500. The number of aromatic nitrogens is 1. The van der Waals surface area contributed by atoms with Crippen LogP contribution < -0.4 is 16.8 Å². The number of primary amides is 1. The van der Waals surface area contributed by atoms with Gasteiger partial charge in [0.1, 0.15) is 5.82 Å². The third-order valence-electron chi connectivity index (χ3n) is 3.42. The Bertz CT molecular complexity index is 455. The number of aliphatic hydroxyl groups excluding tert-OH is 1. The molecule has 1 aromatic rings. The number of nitrogens with one attached hydrogen (secondary N) is 1. The van der Waals surface area contributed by atoms with Crippen molar-refractivity contribution in [2.24, 2.45) is 5.73 Å². The minimum absolute atomic E-state index is 0.0112. The van der Waals surface area contributed by atoms with Crippen LogP contribution in [0.25, 0.3) is 0 Å². The third kappa shape index (κ3) is 2.38. The minimum Gasteiger partial charge on any atom is -0.397 e. The first kappa shape index (κ1) is 12.6. The fourth-order valence-corrected chi connectivity index (χ4v) is 2.39. The Hall–Kier alpha value is -1.82. The number of nitrogens with two attached hydrogens (primary N) is 2. The Labute approximate surface area is 105 Å². The first-order chi connectivity index (χ1) is 8.56. The van der Waals surface area contributed by atoms with Crippen molar-refractivity contribution < 1.29 is 9.90 Å². The smallest absolute Gasteiger partial charge is 0.252 e. The molecule has 0 aliphatic heterocycles. The number of hydrogen-bond donors (Lipinski definition) is 4. The topological polar surface area (TPSA) is 114 Å². The number of carbonyl (C=O) groups is 1. The number of rotatable bonds is 4. The normalized spacial score (nSPS) is 17.6.